The van der Waals surface area contributed by atoms with E-state index >= 15 is 0 Å². The van der Waals surface area contributed by atoms with E-state index in [9.17, 15) is 10.4 Å². The minimum Gasteiger partial charge on any atom is -0.510 e. The standard InChI is InChI=1S/C28H24N6OS2/c1-3-18-9-7-10-19(4-2)25(18)34-26(20-11-8-14-30-16-20)32-33-28(34)36-17-23(35)21(15-29)27-31-22-12-5-6-13-24(22)37-27/h5-14,16,35H,3-4,17H2,1-2H3/b23-21-. The Hall–Kier alpha value is -4.00. The molecule has 0 fully saturated rings. The quantitative estimate of drug-likeness (QED) is 0.138. The number of aliphatic hydroxyl groups excluding tert-OH is 1. The molecule has 2 aromatic carbocycles. The summed E-state index contributed by atoms with van der Waals surface area (Å²) < 4.78 is 3.02. The molecular formula is C28H24N6OS2. The molecule has 0 saturated carbocycles. The van der Waals surface area contributed by atoms with E-state index in [-0.39, 0.29) is 17.1 Å². The fourth-order valence-corrected chi connectivity index (χ4v) is 5.97. The molecule has 0 aliphatic heterocycles. The number of benzene rings is 2. The largest absolute Gasteiger partial charge is 0.510 e. The van der Waals surface area contributed by atoms with Gasteiger partial charge in [0.2, 0.25) is 0 Å². The van der Waals surface area contributed by atoms with Crippen molar-refractivity contribution in [2.75, 3.05) is 5.75 Å². The van der Waals surface area contributed by atoms with Gasteiger partial charge in [-0.3, -0.25) is 9.55 Å². The van der Waals surface area contributed by atoms with Crippen molar-refractivity contribution < 1.29 is 5.11 Å². The van der Waals surface area contributed by atoms with Crippen molar-refractivity contribution in [3.63, 3.8) is 0 Å². The van der Waals surface area contributed by atoms with E-state index in [0.29, 0.717) is 16.0 Å². The van der Waals surface area contributed by atoms with Crippen molar-refractivity contribution in [3.8, 4) is 23.1 Å². The average Bonchev–Trinajstić information content (AvgIpc) is 3.56. The summed E-state index contributed by atoms with van der Waals surface area (Å²) in [7, 11) is 0. The zero-order valence-electron chi connectivity index (χ0n) is 20.4. The van der Waals surface area contributed by atoms with Crippen LogP contribution in [0.5, 0.6) is 0 Å². The van der Waals surface area contributed by atoms with Gasteiger partial charge in [-0.05, 0) is 48.2 Å². The zero-order valence-corrected chi connectivity index (χ0v) is 22.1. The molecule has 1 N–H and O–H groups in total. The van der Waals surface area contributed by atoms with Crippen LogP contribution in [-0.2, 0) is 12.8 Å². The first-order valence-corrected chi connectivity index (χ1v) is 13.7. The van der Waals surface area contributed by atoms with Gasteiger partial charge in [-0.2, -0.15) is 5.26 Å². The lowest BCUT2D eigenvalue weighted by Crippen LogP contribution is -2.07. The minimum absolute atomic E-state index is 0.0384. The fraction of sp³-hybridized carbons (Fsp3) is 0.179. The van der Waals surface area contributed by atoms with Crippen molar-refractivity contribution in [3.05, 3.63) is 88.9 Å². The number of hydrogen-bond acceptors (Lipinski definition) is 8. The van der Waals surface area contributed by atoms with Gasteiger partial charge in [-0.15, -0.1) is 21.5 Å². The summed E-state index contributed by atoms with van der Waals surface area (Å²) in [6.45, 7) is 4.26. The highest BCUT2D eigenvalue weighted by atomic mass is 32.2. The summed E-state index contributed by atoms with van der Waals surface area (Å²) in [4.78, 5) is 8.82. The lowest BCUT2D eigenvalue weighted by atomic mass is 10.0. The normalized spacial score (nSPS) is 11.9. The van der Waals surface area contributed by atoms with Gasteiger partial charge in [0, 0.05) is 18.0 Å². The molecular weight excluding hydrogens is 500 g/mol. The maximum Gasteiger partial charge on any atom is 0.196 e. The molecule has 37 heavy (non-hydrogen) atoms. The molecule has 3 heterocycles. The van der Waals surface area contributed by atoms with E-state index in [2.05, 4.69) is 62.8 Å². The third kappa shape index (κ3) is 4.86. The van der Waals surface area contributed by atoms with E-state index in [1.54, 1.807) is 12.4 Å². The summed E-state index contributed by atoms with van der Waals surface area (Å²) in [5, 5.41) is 31.0. The summed E-state index contributed by atoms with van der Waals surface area (Å²) in [5.41, 5.74) is 5.24. The molecule has 0 unspecified atom stereocenters. The first-order chi connectivity index (χ1) is 18.1. The number of hydrogen-bond donors (Lipinski definition) is 1. The van der Waals surface area contributed by atoms with E-state index in [1.807, 2.05) is 36.4 Å². The van der Waals surface area contributed by atoms with E-state index < -0.39 is 0 Å². The number of rotatable bonds is 8. The number of thiazole rings is 1. The van der Waals surface area contributed by atoms with Gasteiger partial charge >= 0.3 is 0 Å². The Balaban J connectivity index is 1.57. The van der Waals surface area contributed by atoms with Crippen LogP contribution in [-0.4, -0.2) is 35.6 Å². The number of nitriles is 1. The number of fused-ring (bicyclic) bond motifs is 1. The molecule has 184 valence electrons. The summed E-state index contributed by atoms with van der Waals surface area (Å²) >= 11 is 2.73. The van der Waals surface area contributed by atoms with Gasteiger partial charge in [0.15, 0.2) is 11.0 Å². The second-order valence-electron chi connectivity index (χ2n) is 8.22. The molecule has 0 amide bonds. The Kier molecular flexibility index (Phi) is 7.30. The van der Waals surface area contributed by atoms with Crippen LogP contribution in [0.15, 0.2) is 77.9 Å². The Labute approximate surface area is 223 Å². The van der Waals surface area contributed by atoms with Gasteiger partial charge < -0.3 is 5.11 Å². The molecule has 5 rings (SSSR count). The maximum absolute atomic E-state index is 11.0. The van der Waals surface area contributed by atoms with Crippen LogP contribution in [0.2, 0.25) is 0 Å². The summed E-state index contributed by atoms with van der Waals surface area (Å²) in [6.07, 6.45) is 5.19. The van der Waals surface area contributed by atoms with Crippen LogP contribution in [0.25, 0.3) is 32.9 Å². The predicted octanol–water partition coefficient (Wildman–Crippen LogP) is 6.65. The van der Waals surface area contributed by atoms with Gasteiger partial charge in [0.05, 0.1) is 21.7 Å². The second kappa shape index (κ2) is 10.9. The van der Waals surface area contributed by atoms with Crippen LogP contribution in [0.4, 0.5) is 0 Å². The van der Waals surface area contributed by atoms with Gasteiger partial charge in [-0.25, -0.2) is 4.98 Å². The van der Waals surface area contributed by atoms with Crippen molar-refractivity contribution >= 4 is 38.9 Å². The number of nitrogens with zero attached hydrogens (tertiary/aromatic N) is 6. The first kappa shape index (κ1) is 24.7. The highest BCUT2D eigenvalue weighted by Gasteiger charge is 2.22. The molecule has 0 saturated heterocycles. The minimum atomic E-state index is -0.0384. The number of aliphatic hydroxyl groups is 1. The highest BCUT2D eigenvalue weighted by Crippen LogP contribution is 2.34. The van der Waals surface area contributed by atoms with Crippen LogP contribution < -0.4 is 0 Å². The van der Waals surface area contributed by atoms with Crippen LogP contribution >= 0.6 is 23.1 Å². The van der Waals surface area contributed by atoms with Crippen LogP contribution in [0.3, 0.4) is 0 Å². The van der Waals surface area contributed by atoms with Crippen molar-refractivity contribution in [1.29, 1.82) is 5.26 Å². The summed E-state index contributed by atoms with van der Waals surface area (Å²) in [6, 6.07) is 20.0. The number of aromatic nitrogens is 5. The predicted molar refractivity (Wildman–Crippen MR) is 149 cm³/mol. The SMILES string of the molecule is CCc1cccc(CC)c1-n1c(SC/C(O)=C(\C#N)c2nc3ccccc3s2)nnc1-c1cccnc1. The molecule has 0 spiro atoms. The van der Waals surface area contributed by atoms with Gasteiger partial charge in [-0.1, -0.05) is 55.9 Å². The molecule has 7 nitrogen and oxygen atoms in total. The number of pyridine rings is 1. The fourth-order valence-electron chi connectivity index (χ4n) is 4.17. The van der Waals surface area contributed by atoms with E-state index in [4.69, 9.17) is 0 Å². The average molecular weight is 525 g/mol. The molecule has 0 aliphatic rings. The molecule has 0 radical (unpaired) electrons. The molecule has 0 aliphatic carbocycles. The lowest BCUT2D eigenvalue weighted by Gasteiger charge is -2.18. The Morgan fingerprint density at radius 3 is 2.49 bits per heavy atom. The van der Waals surface area contributed by atoms with E-state index in [1.165, 1.54) is 34.2 Å². The number of thioether (sulfide) groups is 1. The summed E-state index contributed by atoms with van der Waals surface area (Å²) in [5.74, 6) is 0.796. The topological polar surface area (TPSA) is 101 Å². The van der Waals surface area contributed by atoms with Gasteiger partial charge in [0.1, 0.15) is 22.4 Å². The number of aryl methyl sites for hydroxylation is 2. The smallest absolute Gasteiger partial charge is 0.196 e. The Morgan fingerprint density at radius 2 is 1.81 bits per heavy atom. The van der Waals surface area contributed by atoms with Crippen molar-refractivity contribution in [1.82, 2.24) is 24.7 Å². The molecule has 0 bridgehead atoms. The highest BCUT2D eigenvalue weighted by molar-refractivity contribution is 7.99. The first-order valence-electron chi connectivity index (χ1n) is 11.9. The second-order valence-corrected chi connectivity index (χ2v) is 10.2. The molecule has 0 atom stereocenters. The monoisotopic (exact) mass is 524 g/mol. The number of para-hydroxylation sites is 2. The number of allylic oxidation sites excluding steroid dienone is 1. The van der Waals surface area contributed by atoms with Crippen LogP contribution in [0.1, 0.15) is 30.0 Å². The van der Waals surface area contributed by atoms with Gasteiger partial charge in [0.25, 0.3) is 0 Å². The maximum atomic E-state index is 11.0. The van der Waals surface area contributed by atoms with Crippen molar-refractivity contribution in [2.45, 2.75) is 31.8 Å². The molecule has 5 aromatic rings. The molecule has 3 aromatic heterocycles. The Bertz CT molecular complexity index is 1580. The van der Waals surface area contributed by atoms with Crippen molar-refractivity contribution in [2.24, 2.45) is 0 Å². The Morgan fingerprint density at radius 1 is 1.03 bits per heavy atom. The lowest BCUT2D eigenvalue weighted by molar-refractivity contribution is 0.420. The van der Waals surface area contributed by atoms with E-state index in [0.717, 1.165) is 34.3 Å². The van der Waals surface area contributed by atoms with Crippen LogP contribution in [0, 0.1) is 11.3 Å². The third-order valence-corrected chi connectivity index (χ3v) is 7.98. The zero-order chi connectivity index (χ0) is 25.8. The third-order valence-electron chi connectivity index (χ3n) is 5.99. The molecule has 9 heteroatoms.